The number of carbonyl (C=O) groups excluding carboxylic acids is 2. The van der Waals surface area contributed by atoms with Gasteiger partial charge in [0.2, 0.25) is 11.8 Å². The summed E-state index contributed by atoms with van der Waals surface area (Å²) in [6.07, 6.45) is 4.31. The van der Waals surface area contributed by atoms with E-state index in [4.69, 9.17) is 4.42 Å². The van der Waals surface area contributed by atoms with Crippen molar-refractivity contribution in [3.63, 3.8) is 0 Å². The van der Waals surface area contributed by atoms with Crippen LogP contribution in [-0.2, 0) is 22.6 Å². The topological polar surface area (TPSA) is 104 Å². The molecule has 1 atom stereocenters. The molecule has 3 rings (SSSR count). The zero-order valence-corrected chi connectivity index (χ0v) is 16.7. The van der Waals surface area contributed by atoms with Crippen molar-refractivity contribution < 1.29 is 14.0 Å². The molecule has 0 spiro atoms. The summed E-state index contributed by atoms with van der Waals surface area (Å²) in [6, 6.07) is 3.76. The molecule has 0 bridgehead atoms. The summed E-state index contributed by atoms with van der Waals surface area (Å²) in [5, 5.41) is 9.77. The highest BCUT2D eigenvalue weighted by atomic mass is 16.3. The minimum absolute atomic E-state index is 0.0254. The van der Waals surface area contributed by atoms with Crippen LogP contribution in [0.5, 0.6) is 0 Å². The second kappa shape index (κ2) is 9.52. The molecule has 0 aliphatic carbocycles. The molecule has 1 saturated heterocycles. The molecule has 1 aliphatic rings. The Morgan fingerprint density at radius 3 is 2.89 bits per heavy atom. The lowest BCUT2D eigenvalue weighted by atomic mass is 9.93. The van der Waals surface area contributed by atoms with E-state index >= 15 is 0 Å². The third-order valence-corrected chi connectivity index (χ3v) is 5.11. The molecule has 0 unspecified atom stereocenters. The summed E-state index contributed by atoms with van der Waals surface area (Å²) < 4.78 is 5.46. The lowest BCUT2D eigenvalue weighted by molar-refractivity contribution is -0.133. The molecule has 2 amide bonds. The van der Waals surface area contributed by atoms with Gasteiger partial charge in [0.1, 0.15) is 17.3 Å². The van der Waals surface area contributed by atoms with Gasteiger partial charge in [0.15, 0.2) is 5.82 Å². The molecular weight excluding hydrogens is 358 g/mol. The molecule has 28 heavy (non-hydrogen) atoms. The molecule has 2 aromatic rings. The van der Waals surface area contributed by atoms with E-state index in [0.29, 0.717) is 37.5 Å². The zero-order valence-electron chi connectivity index (χ0n) is 16.7. The van der Waals surface area contributed by atoms with Crippen LogP contribution in [0.3, 0.4) is 0 Å². The predicted molar refractivity (Wildman–Crippen MR) is 103 cm³/mol. The molecule has 8 nitrogen and oxygen atoms in total. The summed E-state index contributed by atoms with van der Waals surface area (Å²) in [5.74, 6) is 3.60. The second-order valence-corrected chi connectivity index (χ2v) is 7.51. The molecule has 8 heteroatoms. The van der Waals surface area contributed by atoms with Crippen molar-refractivity contribution in [3.8, 4) is 0 Å². The van der Waals surface area contributed by atoms with Gasteiger partial charge in [0.25, 0.3) is 0 Å². The maximum Gasteiger partial charge on any atom is 0.223 e. The summed E-state index contributed by atoms with van der Waals surface area (Å²) in [6.45, 7) is 5.68. The van der Waals surface area contributed by atoms with E-state index < -0.39 is 0 Å². The molecule has 152 valence electrons. The van der Waals surface area contributed by atoms with Crippen molar-refractivity contribution in [2.24, 2.45) is 5.92 Å². The maximum absolute atomic E-state index is 12.5. The normalized spacial score (nSPS) is 16.9. The van der Waals surface area contributed by atoms with Crippen LogP contribution in [0.15, 0.2) is 16.5 Å². The quantitative estimate of drug-likeness (QED) is 0.723. The van der Waals surface area contributed by atoms with Gasteiger partial charge in [-0.15, -0.1) is 0 Å². The van der Waals surface area contributed by atoms with Gasteiger partial charge in [0, 0.05) is 32.4 Å². The Kier molecular flexibility index (Phi) is 6.84. The molecule has 3 heterocycles. The number of carbonyl (C=O) groups is 2. The summed E-state index contributed by atoms with van der Waals surface area (Å²) in [5.41, 5.74) is 0. The smallest absolute Gasteiger partial charge is 0.223 e. The largest absolute Gasteiger partial charge is 0.465 e. The molecule has 0 radical (unpaired) electrons. The highest BCUT2D eigenvalue weighted by molar-refractivity contribution is 5.77. The summed E-state index contributed by atoms with van der Waals surface area (Å²) >= 11 is 0. The average Bonchev–Trinajstić information content (AvgIpc) is 3.30. The van der Waals surface area contributed by atoms with Crippen LogP contribution < -0.4 is 5.32 Å². The first-order valence-corrected chi connectivity index (χ1v) is 9.97. The fraction of sp³-hybridized carbons (Fsp3) is 0.600. The summed E-state index contributed by atoms with van der Waals surface area (Å²) in [7, 11) is 0. The van der Waals surface area contributed by atoms with E-state index in [1.54, 1.807) is 0 Å². The first kappa shape index (κ1) is 20.1. The maximum atomic E-state index is 12.5. The highest BCUT2D eigenvalue weighted by Gasteiger charge is 2.24. The van der Waals surface area contributed by atoms with Gasteiger partial charge in [0.05, 0.1) is 6.54 Å². The van der Waals surface area contributed by atoms with E-state index in [1.807, 2.05) is 30.9 Å². The lowest BCUT2D eigenvalue weighted by Crippen LogP contribution is -2.40. The standard InChI is InChI=1S/C20H29N5O3/c1-14-5-7-17(28-14)12-21-19(26)9-6-16-4-3-11-25(13-16)20(27)10-8-18-22-15(2)23-24-18/h5,7,16H,3-4,6,8-13H2,1-2H3,(H,21,26)(H,22,23,24)/t16-/m0/s1. The number of hydrogen-bond donors (Lipinski definition) is 2. The molecule has 0 aromatic carbocycles. The van der Waals surface area contributed by atoms with E-state index in [1.165, 1.54) is 0 Å². The average molecular weight is 387 g/mol. The van der Waals surface area contributed by atoms with Crippen LogP contribution in [0.25, 0.3) is 0 Å². The number of likely N-dealkylation sites (tertiary alicyclic amines) is 1. The number of nitrogens with one attached hydrogen (secondary N) is 2. The van der Waals surface area contributed by atoms with E-state index in [0.717, 1.165) is 49.7 Å². The number of nitrogens with zero attached hydrogens (tertiary/aromatic N) is 3. The zero-order chi connectivity index (χ0) is 19.9. The molecule has 0 saturated carbocycles. The van der Waals surface area contributed by atoms with E-state index in [-0.39, 0.29) is 11.8 Å². The van der Waals surface area contributed by atoms with Gasteiger partial charge in [-0.2, -0.15) is 5.10 Å². The third-order valence-electron chi connectivity index (χ3n) is 5.11. The Morgan fingerprint density at radius 2 is 2.18 bits per heavy atom. The van der Waals surface area contributed by atoms with Crippen molar-refractivity contribution in [1.29, 1.82) is 0 Å². The van der Waals surface area contributed by atoms with Crippen LogP contribution in [0.2, 0.25) is 0 Å². The third kappa shape index (κ3) is 5.94. The summed E-state index contributed by atoms with van der Waals surface area (Å²) in [4.78, 5) is 30.8. The van der Waals surface area contributed by atoms with E-state index in [2.05, 4.69) is 20.5 Å². The Bertz CT molecular complexity index is 797. The van der Waals surface area contributed by atoms with Crippen molar-refractivity contribution >= 4 is 11.8 Å². The van der Waals surface area contributed by atoms with Crippen molar-refractivity contribution in [1.82, 2.24) is 25.4 Å². The van der Waals surface area contributed by atoms with Crippen molar-refractivity contribution in [3.05, 3.63) is 35.3 Å². The van der Waals surface area contributed by atoms with Crippen LogP contribution in [0, 0.1) is 19.8 Å². The number of hydrogen-bond acceptors (Lipinski definition) is 5. The molecule has 1 fully saturated rings. The second-order valence-electron chi connectivity index (χ2n) is 7.51. The van der Waals surface area contributed by atoms with Crippen LogP contribution in [0.1, 0.15) is 55.3 Å². The van der Waals surface area contributed by atoms with Gasteiger partial charge >= 0.3 is 0 Å². The fourth-order valence-electron chi connectivity index (χ4n) is 3.59. The van der Waals surface area contributed by atoms with Crippen LogP contribution in [0.4, 0.5) is 0 Å². The Labute approximate surface area is 165 Å². The van der Waals surface area contributed by atoms with Gasteiger partial charge in [-0.3, -0.25) is 14.7 Å². The number of aromatic amines is 1. The van der Waals surface area contributed by atoms with Crippen molar-refractivity contribution in [2.45, 2.75) is 58.9 Å². The number of amides is 2. The minimum Gasteiger partial charge on any atom is -0.465 e. The number of aryl methyl sites for hydroxylation is 3. The van der Waals surface area contributed by atoms with Crippen LogP contribution in [-0.4, -0.2) is 45.0 Å². The fourth-order valence-corrected chi connectivity index (χ4v) is 3.59. The Hall–Kier alpha value is -2.64. The van der Waals surface area contributed by atoms with Gasteiger partial charge in [-0.05, 0) is 51.2 Å². The molecule has 2 aromatic heterocycles. The van der Waals surface area contributed by atoms with Crippen molar-refractivity contribution in [2.75, 3.05) is 13.1 Å². The predicted octanol–water partition coefficient (Wildman–Crippen LogP) is 2.28. The van der Waals surface area contributed by atoms with Crippen LogP contribution >= 0.6 is 0 Å². The lowest BCUT2D eigenvalue weighted by Gasteiger charge is -2.32. The number of piperidine rings is 1. The first-order chi connectivity index (χ1) is 13.5. The highest BCUT2D eigenvalue weighted by Crippen LogP contribution is 2.22. The SMILES string of the molecule is Cc1nc(CCC(=O)N2CCC[C@@H](CCC(=O)NCc3ccc(C)o3)C2)n[nH]1. The number of furan rings is 1. The van der Waals surface area contributed by atoms with Gasteiger partial charge in [-0.25, -0.2) is 4.98 Å². The minimum atomic E-state index is 0.0254. The first-order valence-electron chi connectivity index (χ1n) is 9.97. The molecule has 2 N–H and O–H groups in total. The monoisotopic (exact) mass is 387 g/mol. The number of H-pyrrole nitrogens is 1. The van der Waals surface area contributed by atoms with Gasteiger partial charge < -0.3 is 14.6 Å². The Morgan fingerprint density at radius 1 is 1.32 bits per heavy atom. The van der Waals surface area contributed by atoms with Gasteiger partial charge in [-0.1, -0.05) is 0 Å². The molecule has 1 aliphatic heterocycles. The molecular formula is C20H29N5O3. The number of aromatic nitrogens is 3. The van der Waals surface area contributed by atoms with E-state index in [9.17, 15) is 9.59 Å². The number of rotatable bonds is 8. The Balaban J connectivity index is 1.36.